The molecule has 0 bridgehead atoms. The summed E-state index contributed by atoms with van der Waals surface area (Å²) in [4.78, 5) is 10.6. The highest BCUT2D eigenvalue weighted by molar-refractivity contribution is 6.07. The van der Waals surface area contributed by atoms with Crippen LogP contribution in [0.5, 0.6) is 0 Å². The van der Waals surface area contributed by atoms with Gasteiger partial charge in [0.05, 0.1) is 11.4 Å². The van der Waals surface area contributed by atoms with Gasteiger partial charge in [-0.15, -0.1) is 0 Å². The smallest absolute Gasteiger partial charge is 0.161 e. The zero-order chi connectivity index (χ0) is 34.1. The Morgan fingerprint density at radius 2 is 0.922 bits per heavy atom. The summed E-state index contributed by atoms with van der Waals surface area (Å²) in [5.41, 5.74) is 12.8. The largest absolute Gasteiger partial charge is 0.228 e. The number of aromatic nitrogens is 2. The van der Waals surface area contributed by atoms with Crippen LogP contribution in [-0.4, -0.2) is 9.97 Å². The summed E-state index contributed by atoms with van der Waals surface area (Å²) in [6.07, 6.45) is 0. The second-order valence-electron chi connectivity index (χ2n) is 14.2. The molecule has 8 aromatic carbocycles. The molecule has 9 aromatic rings. The molecule has 0 N–H and O–H groups in total. The Kier molecular flexibility index (Phi) is 6.56. The minimum atomic E-state index is -0.161. The fourth-order valence-electron chi connectivity index (χ4n) is 8.43. The number of benzene rings is 8. The van der Waals surface area contributed by atoms with E-state index in [0.717, 1.165) is 39.3 Å². The van der Waals surface area contributed by atoms with Crippen molar-refractivity contribution in [3.63, 3.8) is 0 Å². The molecule has 10 rings (SSSR count). The van der Waals surface area contributed by atoms with Crippen LogP contribution in [0.25, 0.3) is 88.5 Å². The third-order valence-corrected chi connectivity index (χ3v) is 10.9. The molecule has 0 amide bonds. The van der Waals surface area contributed by atoms with E-state index in [1.807, 2.05) is 6.07 Å². The highest BCUT2D eigenvalue weighted by Crippen LogP contribution is 2.54. The maximum Gasteiger partial charge on any atom is 0.161 e. The lowest BCUT2D eigenvalue weighted by molar-refractivity contribution is 0.663. The summed E-state index contributed by atoms with van der Waals surface area (Å²) < 4.78 is 0. The van der Waals surface area contributed by atoms with Gasteiger partial charge in [0.25, 0.3) is 0 Å². The van der Waals surface area contributed by atoms with Gasteiger partial charge in [0.15, 0.2) is 5.82 Å². The minimum Gasteiger partial charge on any atom is -0.228 e. The number of hydrogen-bond acceptors (Lipinski definition) is 2. The van der Waals surface area contributed by atoms with Gasteiger partial charge in [-0.05, 0) is 90.0 Å². The monoisotopic (exact) mass is 650 g/mol. The summed E-state index contributed by atoms with van der Waals surface area (Å²) >= 11 is 0. The van der Waals surface area contributed by atoms with Crippen LogP contribution in [0.2, 0.25) is 0 Å². The molecule has 240 valence electrons. The van der Waals surface area contributed by atoms with E-state index in [9.17, 15) is 0 Å². The summed E-state index contributed by atoms with van der Waals surface area (Å²) in [6, 6.07) is 61.1. The normalized spacial score (nSPS) is 13.1. The van der Waals surface area contributed by atoms with E-state index in [0.29, 0.717) is 0 Å². The molecule has 2 nitrogen and oxygen atoms in total. The van der Waals surface area contributed by atoms with Gasteiger partial charge in [-0.1, -0.05) is 159 Å². The van der Waals surface area contributed by atoms with Crippen molar-refractivity contribution < 1.29 is 0 Å². The number of hydrogen-bond donors (Lipinski definition) is 0. The lowest BCUT2D eigenvalue weighted by Gasteiger charge is -2.25. The average Bonchev–Trinajstić information content (AvgIpc) is 3.41. The first-order valence-electron chi connectivity index (χ1n) is 17.7. The Morgan fingerprint density at radius 3 is 1.71 bits per heavy atom. The lowest BCUT2D eigenvalue weighted by atomic mass is 9.78. The number of rotatable bonds is 4. The quantitative estimate of drug-likeness (QED) is 0.189. The third kappa shape index (κ3) is 4.64. The van der Waals surface area contributed by atoms with E-state index >= 15 is 0 Å². The second kappa shape index (κ2) is 11.3. The molecule has 0 atom stereocenters. The van der Waals surface area contributed by atoms with Gasteiger partial charge >= 0.3 is 0 Å². The zero-order valence-electron chi connectivity index (χ0n) is 28.6. The second-order valence-corrected chi connectivity index (χ2v) is 14.2. The molecule has 0 saturated heterocycles. The summed E-state index contributed by atoms with van der Waals surface area (Å²) in [5, 5.41) is 7.27. The fraction of sp³-hybridized carbons (Fsp3) is 0.0612. The van der Waals surface area contributed by atoms with E-state index in [1.165, 1.54) is 60.3 Å². The topological polar surface area (TPSA) is 25.8 Å². The van der Waals surface area contributed by atoms with E-state index < -0.39 is 0 Å². The van der Waals surface area contributed by atoms with Crippen LogP contribution in [0.3, 0.4) is 0 Å². The van der Waals surface area contributed by atoms with Crippen LogP contribution in [0.1, 0.15) is 25.0 Å². The third-order valence-electron chi connectivity index (χ3n) is 10.9. The van der Waals surface area contributed by atoms with Crippen LogP contribution in [0.15, 0.2) is 170 Å². The Hall–Kier alpha value is -6.38. The standard InChI is InChI=1S/C49H34N2/c1-49(2)44-29-34-18-7-6-17-33(34)28-43(44)41-25-13-24-40(47(41)49)38-26-27-42(37-22-11-10-21-36(37)38)48-50-45(32-15-4-3-5-16-32)30-46(51-48)39-23-12-19-31-14-8-9-20-35(31)39/h3-30H,1-2H3. The van der Waals surface area contributed by atoms with Gasteiger partial charge in [0.2, 0.25) is 0 Å². The van der Waals surface area contributed by atoms with E-state index in [2.05, 4.69) is 178 Å². The predicted molar refractivity (Wildman–Crippen MR) is 214 cm³/mol. The molecule has 0 saturated carbocycles. The van der Waals surface area contributed by atoms with E-state index in [4.69, 9.17) is 9.97 Å². The van der Waals surface area contributed by atoms with Crippen LogP contribution in [-0.2, 0) is 5.41 Å². The molecule has 0 fully saturated rings. The lowest BCUT2D eigenvalue weighted by Crippen LogP contribution is -2.16. The molecule has 2 heteroatoms. The van der Waals surface area contributed by atoms with Crippen molar-refractivity contribution in [2.75, 3.05) is 0 Å². The van der Waals surface area contributed by atoms with Crippen LogP contribution < -0.4 is 0 Å². The Bertz CT molecular complexity index is 2820. The summed E-state index contributed by atoms with van der Waals surface area (Å²) in [7, 11) is 0. The highest BCUT2D eigenvalue weighted by Gasteiger charge is 2.38. The van der Waals surface area contributed by atoms with Crippen molar-refractivity contribution in [3.8, 4) is 56.2 Å². The first-order valence-corrected chi connectivity index (χ1v) is 17.7. The van der Waals surface area contributed by atoms with Gasteiger partial charge in [-0.25, -0.2) is 9.97 Å². The summed E-state index contributed by atoms with van der Waals surface area (Å²) in [5.74, 6) is 0.722. The minimum absolute atomic E-state index is 0.161. The van der Waals surface area contributed by atoms with Crippen molar-refractivity contribution in [1.29, 1.82) is 0 Å². The molecule has 51 heavy (non-hydrogen) atoms. The van der Waals surface area contributed by atoms with Crippen molar-refractivity contribution in [2.24, 2.45) is 0 Å². The van der Waals surface area contributed by atoms with Gasteiger partial charge in [0.1, 0.15) is 0 Å². The SMILES string of the molecule is CC1(C)c2cc3ccccc3cc2-c2cccc(-c3ccc(-c4nc(-c5ccccc5)cc(-c5cccc6ccccc56)n4)c4ccccc34)c21. The molecular weight excluding hydrogens is 617 g/mol. The van der Waals surface area contributed by atoms with E-state index in [1.54, 1.807) is 0 Å². The number of nitrogens with zero attached hydrogens (tertiary/aromatic N) is 2. The Morgan fingerprint density at radius 1 is 0.373 bits per heavy atom. The maximum absolute atomic E-state index is 5.33. The van der Waals surface area contributed by atoms with E-state index in [-0.39, 0.29) is 5.41 Å². The molecule has 0 radical (unpaired) electrons. The van der Waals surface area contributed by atoms with Crippen LogP contribution in [0, 0.1) is 0 Å². The van der Waals surface area contributed by atoms with Crippen molar-refractivity contribution >= 4 is 32.3 Å². The zero-order valence-corrected chi connectivity index (χ0v) is 28.6. The average molecular weight is 651 g/mol. The Labute approximate surface area is 297 Å². The van der Waals surface area contributed by atoms with Gasteiger partial charge in [0, 0.05) is 22.1 Å². The van der Waals surface area contributed by atoms with Crippen molar-refractivity contribution in [3.05, 3.63) is 181 Å². The first kappa shape index (κ1) is 29.5. The highest BCUT2D eigenvalue weighted by atomic mass is 14.9. The van der Waals surface area contributed by atoms with Gasteiger partial charge in [-0.2, -0.15) is 0 Å². The van der Waals surface area contributed by atoms with Crippen LogP contribution in [0.4, 0.5) is 0 Å². The van der Waals surface area contributed by atoms with Crippen molar-refractivity contribution in [2.45, 2.75) is 19.3 Å². The molecule has 0 aliphatic heterocycles. The molecule has 0 spiro atoms. The fourth-order valence-corrected chi connectivity index (χ4v) is 8.43. The molecule has 1 heterocycles. The van der Waals surface area contributed by atoms with Crippen molar-refractivity contribution in [1.82, 2.24) is 9.97 Å². The first-order chi connectivity index (χ1) is 25.0. The molecular formula is C49H34N2. The summed E-state index contributed by atoms with van der Waals surface area (Å²) in [6.45, 7) is 4.76. The van der Waals surface area contributed by atoms with Gasteiger partial charge in [-0.3, -0.25) is 0 Å². The molecule has 1 aromatic heterocycles. The molecule has 1 aliphatic carbocycles. The van der Waals surface area contributed by atoms with Crippen LogP contribution >= 0.6 is 0 Å². The Balaban J connectivity index is 1.19. The maximum atomic E-state index is 5.33. The molecule has 1 aliphatic rings. The number of fused-ring (bicyclic) bond motifs is 6. The van der Waals surface area contributed by atoms with Gasteiger partial charge < -0.3 is 0 Å². The predicted octanol–water partition coefficient (Wildman–Crippen LogP) is 12.9. The molecule has 0 unspecified atom stereocenters.